The Kier molecular flexibility index (Phi) is 4.36. The Morgan fingerprint density at radius 1 is 1.16 bits per heavy atom. The van der Waals surface area contributed by atoms with E-state index in [1.54, 1.807) is 7.11 Å². The van der Waals surface area contributed by atoms with Gasteiger partial charge in [0.25, 0.3) is 0 Å². The second kappa shape index (κ2) is 6.40. The zero-order chi connectivity index (χ0) is 17.6. The summed E-state index contributed by atoms with van der Waals surface area (Å²) >= 11 is 0. The number of nitrogens with zero attached hydrogens (tertiary/aromatic N) is 4. The summed E-state index contributed by atoms with van der Waals surface area (Å²) in [5, 5.41) is 10.4. The number of hydrogen-bond acceptors (Lipinski definition) is 6. The van der Waals surface area contributed by atoms with E-state index in [0.717, 1.165) is 57.0 Å². The van der Waals surface area contributed by atoms with Gasteiger partial charge in [0.15, 0.2) is 0 Å². The summed E-state index contributed by atoms with van der Waals surface area (Å²) in [5.74, 6) is 1.94. The maximum absolute atomic E-state index is 10.4. The highest BCUT2D eigenvalue weighted by atomic mass is 16.5. The second-order valence-electron chi connectivity index (χ2n) is 8.07. The smallest absolute Gasteiger partial charge is 0.227 e. The van der Waals surface area contributed by atoms with Crippen molar-refractivity contribution >= 4 is 11.8 Å². The lowest BCUT2D eigenvalue weighted by Gasteiger charge is -2.56. The molecule has 2 unspecified atom stereocenters. The van der Waals surface area contributed by atoms with Crippen molar-refractivity contribution < 1.29 is 9.84 Å². The first-order chi connectivity index (χ1) is 12.0. The van der Waals surface area contributed by atoms with Crippen molar-refractivity contribution in [3.8, 4) is 0 Å². The molecule has 1 aromatic rings. The van der Waals surface area contributed by atoms with Crippen molar-refractivity contribution in [1.29, 1.82) is 0 Å². The van der Waals surface area contributed by atoms with Gasteiger partial charge in [0.2, 0.25) is 5.95 Å². The third-order valence-corrected chi connectivity index (χ3v) is 6.57. The Balaban J connectivity index is 1.59. The van der Waals surface area contributed by atoms with Crippen LogP contribution in [0.1, 0.15) is 43.4 Å². The summed E-state index contributed by atoms with van der Waals surface area (Å²) in [7, 11) is 5.79. The van der Waals surface area contributed by atoms with Gasteiger partial charge in [0.1, 0.15) is 5.82 Å². The number of hydrogen-bond donors (Lipinski definition) is 1. The fourth-order valence-corrected chi connectivity index (χ4v) is 4.87. The molecular weight excluding hydrogens is 316 g/mol. The fourth-order valence-electron chi connectivity index (χ4n) is 4.87. The standard InChI is InChI=1S/C19H30N4O2/c1-22(2)18-20-14-7-5-4-6-13(14)17(21-18)23-10-8-19(9-11-23)15(24)12-16(19)25-3/h15-16,24H,4-12H2,1-3H3. The van der Waals surface area contributed by atoms with Crippen LogP contribution in [0.3, 0.4) is 0 Å². The molecule has 1 aromatic heterocycles. The lowest BCUT2D eigenvalue weighted by atomic mass is 9.58. The van der Waals surface area contributed by atoms with E-state index in [4.69, 9.17) is 14.7 Å². The quantitative estimate of drug-likeness (QED) is 0.900. The molecule has 1 saturated carbocycles. The number of anilines is 2. The van der Waals surface area contributed by atoms with E-state index >= 15 is 0 Å². The first-order valence-electron chi connectivity index (χ1n) is 9.58. The number of methoxy groups -OCH3 is 1. The highest BCUT2D eigenvalue weighted by Gasteiger charge is 2.56. The highest BCUT2D eigenvalue weighted by molar-refractivity contribution is 5.54. The van der Waals surface area contributed by atoms with Crippen LogP contribution in [0, 0.1) is 5.41 Å². The number of ether oxygens (including phenoxy) is 1. The van der Waals surface area contributed by atoms with E-state index in [1.807, 2.05) is 19.0 Å². The van der Waals surface area contributed by atoms with Crippen molar-refractivity contribution in [2.45, 2.75) is 57.2 Å². The summed E-state index contributed by atoms with van der Waals surface area (Å²) in [6.45, 7) is 1.88. The van der Waals surface area contributed by atoms with Gasteiger partial charge in [-0.05, 0) is 38.5 Å². The van der Waals surface area contributed by atoms with Crippen molar-refractivity contribution in [3.05, 3.63) is 11.3 Å². The molecule has 6 nitrogen and oxygen atoms in total. The highest BCUT2D eigenvalue weighted by Crippen LogP contribution is 2.51. The van der Waals surface area contributed by atoms with E-state index in [-0.39, 0.29) is 17.6 Å². The summed E-state index contributed by atoms with van der Waals surface area (Å²) in [5.41, 5.74) is 2.55. The van der Waals surface area contributed by atoms with E-state index < -0.39 is 0 Å². The third-order valence-electron chi connectivity index (χ3n) is 6.57. The molecule has 0 bridgehead atoms. The number of aryl methyl sites for hydroxylation is 1. The lowest BCUT2D eigenvalue weighted by Crippen LogP contribution is -2.62. The van der Waals surface area contributed by atoms with Crippen LogP contribution in [0.25, 0.3) is 0 Å². The zero-order valence-corrected chi connectivity index (χ0v) is 15.7. The molecule has 1 N–H and O–H groups in total. The first kappa shape index (κ1) is 17.0. The average Bonchev–Trinajstić information content (AvgIpc) is 2.65. The van der Waals surface area contributed by atoms with Crippen LogP contribution in [0.2, 0.25) is 0 Å². The number of aliphatic hydroxyl groups is 1. The first-order valence-corrected chi connectivity index (χ1v) is 9.58. The third kappa shape index (κ3) is 2.70. The Morgan fingerprint density at radius 2 is 1.88 bits per heavy atom. The molecule has 2 atom stereocenters. The molecule has 1 aliphatic heterocycles. The monoisotopic (exact) mass is 346 g/mol. The van der Waals surface area contributed by atoms with Gasteiger partial charge in [-0.1, -0.05) is 0 Å². The van der Waals surface area contributed by atoms with Crippen LogP contribution >= 0.6 is 0 Å². The molecule has 2 aliphatic carbocycles. The predicted octanol–water partition coefficient (Wildman–Crippen LogP) is 1.79. The fraction of sp³-hybridized carbons (Fsp3) is 0.789. The number of rotatable bonds is 3. The van der Waals surface area contributed by atoms with Crippen LogP contribution in [0.4, 0.5) is 11.8 Å². The van der Waals surface area contributed by atoms with Gasteiger partial charge in [0.05, 0.1) is 17.9 Å². The SMILES string of the molecule is COC1CC(O)C12CCN(c1nc(N(C)C)nc3c1CCCC3)CC2. The number of aliphatic hydroxyl groups excluding tert-OH is 1. The molecule has 0 aromatic carbocycles. The van der Waals surface area contributed by atoms with Crippen molar-refractivity contribution in [1.82, 2.24) is 9.97 Å². The second-order valence-corrected chi connectivity index (χ2v) is 8.07. The molecule has 1 spiro atoms. The minimum absolute atomic E-state index is 0.0390. The van der Waals surface area contributed by atoms with E-state index in [0.29, 0.717) is 0 Å². The lowest BCUT2D eigenvalue weighted by molar-refractivity contribution is -0.190. The zero-order valence-electron chi connectivity index (χ0n) is 15.7. The summed E-state index contributed by atoms with van der Waals surface area (Å²) in [6.07, 6.45) is 7.33. The molecule has 4 rings (SSSR count). The molecular formula is C19H30N4O2. The number of fused-ring (bicyclic) bond motifs is 1. The van der Waals surface area contributed by atoms with Crippen molar-refractivity contribution in [2.75, 3.05) is 44.1 Å². The van der Waals surface area contributed by atoms with Crippen LogP contribution in [0.5, 0.6) is 0 Å². The van der Waals surface area contributed by atoms with E-state index in [1.165, 1.54) is 24.1 Å². The molecule has 0 amide bonds. The van der Waals surface area contributed by atoms with E-state index in [9.17, 15) is 5.11 Å². The van der Waals surface area contributed by atoms with Gasteiger partial charge in [0, 0.05) is 51.7 Å². The maximum Gasteiger partial charge on any atom is 0.227 e. The van der Waals surface area contributed by atoms with Crippen LogP contribution in [0.15, 0.2) is 0 Å². The van der Waals surface area contributed by atoms with Gasteiger partial charge in [-0.3, -0.25) is 0 Å². The molecule has 25 heavy (non-hydrogen) atoms. The Labute approximate surface area is 150 Å². The van der Waals surface area contributed by atoms with Gasteiger partial charge >= 0.3 is 0 Å². The average molecular weight is 346 g/mol. The molecule has 2 fully saturated rings. The Morgan fingerprint density at radius 3 is 2.52 bits per heavy atom. The van der Waals surface area contributed by atoms with Gasteiger partial charge < -0.3 is 19.6 Å². The van der Waals surface area contributed by atoms with Gasteiger partial charge in [-0.15, -0.1) is 0 Å². The number of aromatic nitrogens is 2. The molecule has 3 aliphatic rings. The molecule has 2 heterocycles. The van der Waals surface area contributed by atoms with Gasteiger partial charge in [-0.2, -0.15) is 4.98 Å². The van der Waals surface area contributed by atoms with E-state index in [2.05, 4.69) is 4.90 Å². The maximum atomic E-state index is 10.4. The van der Waals surface area contributed by atoms with Crippen molar-refractivity contribution in [2.24, 2.45) is 5.41 Å². The minimum Gasteiger partial charge on any atom is -0.392 e. The van der Waals surface area contributed by atoms with Crippen LogP contribution in [-0.2, 0) is 17.6 Å². The normalized spacial score (nSPS) is 27.8. The van der Waals surface area contributed by atoms with Crippen molar-refractivity contribution in [3.63, 3.8) is 0 Å². The molecule has 138 valence electrons. The Bertz CT molecular complexity index is 641. The summed E-state index contributed by atoms with van der Waals surface area (Å²) < 4.78 is 5.62. The minimum atomic E-state index is -0.212. The predicted molar refractivity (Wildman–Crippen MR) is 98.3 cm³/mol. The molecule has 0 radical (unpaired) electrons. The largest absolute Gasteiger partial charge is 0.392 e. The topological polar surface area (TPSA) is 61.7 Å². The Hall–Kier alpha value is -1.40. The number of piperidine rings is 1. The molecule has 1 saturated heterocycles. The van der Waals surface area contributed by atoms with Crippen LogP contribution in [-0.4, -0.2) is 61.6 Å². The molecule has 6 heteroatoms. The van der Waals surface area contributed by atoms with Gasteiger partial charge in [-0.25, -0.2) is 4.98 Å². The summed E-state index contributed by atoms with van der Waals surface area (Å²) in [4.78, 5) is 14.1. The van der Waals surface area contributed by atoms with Crippen LogP contribution < -0.4 is 9.80 Å². The summed E-state index contributed by atoms with van der Waals surface area (Å²) in [6, 6.07) is 0.